The van der Waals surface area contributed by atoms with E-state index in [0.717, 1.165) is 32.1 Å². The Morgan fingerprint density at radius 1 is 0.762 bits per heavy atom. The molecule has 21 heavy (non-hydrogen) atoms. The SMILES string of the molecule is CCC[C@H](O)CCCCCCCCCCCCCC(=O)O. The molecule has 0 radical (unpaired) electrons. The fourth-order valence-electron chi connectivity index (χ4n) is 2.72. The number of rotatable bonds is 16. The van der Waals surface area contributed by atoms with Gasteiger partial charge in [0.15, 0.2) is 0 Å². The summed E-state index contributed by atoms with van der Waals surface area (Å²) in [5, 5.41) is 18.1. The average Bonchev–Trinajstić information content (AvgIpc) is 2.44. The highest BCUT2D eigenvalue weighted by Gasteiger charge is 2.01. The molecule has 0 aliphatic heterocycles. The molecule has 3 heteroatoms. The Balaban J connectivity index is 3.04. The van der Waals surface area contributed by atoms with E-state index in [1.807, 2.05) is 0 Å². The lowest BCUT2D eigenvalue weighted by atomic mass is 10.0. The summed E-state index contributed by atoms with van der Waals surface area (Å²) in [6.07, 6.45) is 16.6. The van der Waals surface area contributed by atoms with Gasteiger partial charge < -0.3 is 10.2 Å². The number of aliphatic hydroxyl groups is 1. The minimum Gasteiger partial charge on any atom is -0.481 e. The van der Waals surface area contributed by atoms with Crippen molar-refractivity contribution < 1.29 is 15.0 Å². The first-order valence-electron chi connectivity index (χ1n) is 9.06. The molecule has 0 aliphatic rings. The molecule has 3 nitrogen and oxygen atoms in total. The van der Waals surface area contributed by atoms with Gasteiger partial charge in [-0.25, -0.2) is 0 Å². The molecule has 0 spiro atoms. The van der Waals surface area contributed by atoms with Crippen molar-refractivity contribution in [2.24, 2.45) is 0 Å². The molecule has 2 N–H and O–H groups in total. The molecule has 0 bridgehead atoms. The smallest absolute Gasteiger partial charge is 0.303 e. The molecule has 0 fully saturated rings. The molecule has 0 saturated carbocycles. The Labute approximate surface area is 131 Å². The molecule has 0 aromatic rings. The van der Waals surface area contributed by atoms with Crippen LogP contribution < -0.4 is 0 Å². The average molecular weight is 300 g/mol. The number of unbranched alkanes of at least 4 members (excludes halogenated alkanes) is 10. The van der Waals surface area contributed by atoms with Gasteiger partial charge in [0, 0.05) is 6.42 Å². The van der Waals surface area contributed by atoms with Crippen LogP contribution in [0, 0.1) is 0 Å². The molecular weight excluding hydrogens is 264 g/mol. The Morgan fingerprint density at radius 2 is 1.19 bits per heavy atom. The summed E-state index contributed by atoms with van der Waals surface area (Å²) in [5.74, 6) is -0.669. The third-order valence-electron chi connectivity index (χ3n) is 4.05. The van der Waals surface area contributed by atoms with Crippen LogP contribution in [-0.4, -0.2) is 22.3 Å². The van der Waals surface area contributed by atoms with E-state index in [-0.39, 0.29) is 6.10 Å². The second-order valence-corrected chi connectivity index (χ2v) is 6.26. The van der Waals surface area contributed by atoms with E-state index >= 15 is 0 Å². The van der Waals surface area contributed by atoms with Crippen LogP contribution in [0.2, 0.25) is 0 Å². The normalized spacial score (nSPS) is 12.5. The molecule has 0 unspecified atom stereocenters. The number of carboxylic acid groups (broad SMARTS) is 1. The molecule has 0 aromatic heterocycles. The van der Waals surface area contributed by atoms with Gasteiger partial charge in [-0.15, -0.1) is 0 Å². The lowest BCUT2D eigenvalue weighted by Crippen LogP contribution is -2.04. The number of aliphatic carboxylic acids is 1. The van der Waals surface area contributed by atoms with E-state index in [2.05, 4.69) is 6.92 Å². The van der Waals surface area contributed by atoms with Crippen LogP contribution in [0.5, 0.6) is 0 Å². The highest BCUT2D eigenvalue weighted by atomic mass is 16.4. The van der Waals surface area contributed by atoms with Crippen LogP contribution >= 0.6 is 0 Å². The fourth-order valence-corrected chi connectivity index (χ4v) is 2.72. The lowest BCUT2D eigenvalue weighted by molar-refractivity contribution is -0.137. The summed E-state index contributed by atoms with van der Waals surface area (Å²) < 4.78 is 0. The van der Waals surface area contributed by atoms with Gasteiger partial charge in [-0.05, 0) is 19.3 Å². The predicted octanol–water partition coefficient (Wildman–Crippen LogP) is 5.30. The molecule has 126 valence electrons. The lowest BCUT2D eigenvalue weighted by Gasteiger charge is -2.08. The standard InChI is InChI=1S/C18H36O3/c1-2-14-17(19)15-12-10-8-6-4-3-5-7-9-11-13-16-18(20)21/h17,19H,2-16H2,1H3,(H,20,21)/t17-/m0/s1. The topological polar surface area (TPSA) is 57.5 Å². The van der Waals surface area contributed by atoms with Crippen LogP contribution in [0.3, 0.4) is 0 Å². The molecule has 1 atom stereocenters. The van der Waals surface area contributed by atoms with E-state index in [1.165, 1.54) is 57.8 Å². The van der Waals surface area contributed by atoms with Gasteiger partial charge in [0.05, 0.1) is 6.10 Å². The predicted molar refractivity (Wildman–Crippen MR) is 88.6 cm³/mol. The van der Waals surface area contributed by atoms with Gasteiger partial charge in [-0.3, -0.25) is 4.79 Å². The fraction of sp³-hybridized carbons (Fsp3) is 0.944. The van der Waals surface area contributed by atoms with Crippen LogP contribution in [0.25, 0.3) is 0 Å². The molecule has 0 amide bonds. The second kappa shape index (κ2) is 15.8. The van der Waals surface area contributed by atoms with Crippen molar-refractivity contribution in [2.75, 3.05) is 0 Å². The first-order chi connectivity index (χ1) is 10.2. The number of carboxylic acids is 1. The summed E-state index contributed by atoms with van der Waals surface area (Å²) in [7, 11) is 0. The Hall–Kier alpha value is -0.570. The van der Waals surface area contributed by atoms with Crippen molar-refractivity contribution in [2.45, 2.75) is 109 Å². The Bertz CT molecular complexity index is 229. The van der Waals surface area contributed by atoms with Gasteiger partial charge in [0.1, 0.15) is 0 Å². The van der Waals surface area contributed by atoms with Crippen molar-refractivity contribution in [3.63, 3.8) is 0 Å². The summed E-state index contributed by atoms with van der Waals surface area (Å²) in [5.41, 5.74) is 0. The number of hydrogen-bond acceptors (Lipinski definition) is 2. The highest BCUT2D eigenvalue weighted by Crippen LogP contribution is 2.13. The molecule has 0 saturated heterocycles. The minimum absolute atomic E-state index is 0.0730. The van der Waals surface area contributed by atoms with E-state index in [0.29, 0.717) is 6.42 Å². The van der Waals surface area contributed by atoms with Gasteiger partial charge in [-0.2, -0.15) is 0 Å². The highest BCUT2D eigenvalue weighted by molar-refractivity contribution is 5.66. The first kappa shape index (κ1) is 20.4. The number of aliphatic hydroxyl groups excluding tert-OH is 1. The summed E-state index contributed by atoms with van der Waals surface area (Å²) in [6, 6.07) is 0. The van der Waals surface area contributed by atoms with Crippen molar-refractivity contribution in [3.8, 4) is 0 Å². The van der Waals surface area contributed by atoms with Gasteiger partial charge in [0.2, 0.25) is 0 Å². The largest absolute Gasteiger partial charge is 0.481 e. The third-order valence-corrected chi connectivity index (χ3v) is 4.05. The zero-order valence-corrected chi connectivity index (χ0v) is 14.0. The van der Waals surface area contributed by atoms with E-state index in [4.69, 9.17) is 5.11 Å². The summed E-state index contributed by atoms with van der Waals surface area (Å²) >= 11 is 0. The minimum atomic E-state index is -0.669. The van der Waals surface area contributed by atoms with Gasteiger partial charge in [0.25, 0.3) is 0 Å². The first-order valence-corrected chi connectivity index (χ1v) is 9.06. The molecular formula is C18H36O3. The zero-order valence-electron chi connectivity index (χ0n) is 14.0. The second-order valence-electron chi connectivity index (χ2n) is 6.26. The van der Waals surface area contributed by atoms with E-state index in [9.17, 15) is 9.90 Å². The van der Waals surface area contributed by atoms with Crippen molar-refractivity contribution >= 4 is 5.97 Å². The quantitative estimate of drug-likeness (QED) is 0.380. The molecule has 0 rings (SSSR count). The number of carbonyl (C=O) groups is 1. The van der Waals surface area contributed by atoms with Crippen molar-refractivity contribution in [1.82, 2.24) is 0 Å². The van der Waals surface area contributed by atoms with Gasteiger partial charge >= 0.3 is 5.97 Å². The Kier molecular flexibility index (Phi) is 15.4. The maximum absolute atomic E-state index is 10.3. The zero-order chi connectivity index (χ0) is 15.8. The van der Waals surface area contributed by atoms with Crippen LogP contribution in [0.4, 0.5) is 0 Å². The van der Waals surface area contributed by atoms with Crippen molar-refractivity contribution in [3.05, 3.63) is 0 Å². The van der Waals surface area contributed by atoms with Crippen LogP contribution in [-0.2, 0) is 4.79 Å². The number of hydrogen-bond donors (Lipinski definition) is 2. The molecule has 0 aliphatic carbocycles. The maximum Gasteiger partial charge on any atom is 0.303 e. The van der Waals surface area contributed by atoms with E-state index < -0.39 is 5.97 Å². The third kappa shape index (κ3) is 17.4. The van der Waals surface area contributed by atoms with Crippen LogP contribution in [0.15, 0.2) is 0 Å². The summed E-state index contributed by atoms with van der Waals surface area (Å²) in [4.78, 5) is 10.3. The summed E-state index contributed by atoms with van der Waals surface area (Å²) in [6.45, 7) is 2.12. The van der Waals surface area contributed by atoms with Gasteiger partial charge in [-0.1, -0.05) is 77.6 Å². The van der Waals surface area contributed by atoms with Crippen LogP contribution in [0.1, 0.15) is 103 Å². The van der Waals surface area contributed by atoms with E-state index in [1.54, 1.807) is 0 Å². The molecule has 0 heterocycles. The monoisotopic (exact) mass is 300 g/mol. The Morgan fingerprint density at radius 3 is 1.62 bits per heavy atom. The van der Waals surface area contributed by atoms with Crippen molar-refractivity contribution in [1.29, 1.82) is 0 Å². The maximum atomic E-state index is 10.3. The molecule has 0 aromatic carbocycles.